The molecule has 0 unspecified atom stereocenters. The Bertz CT molecular complexity index is 21.7. The highest BCUT2D eigenvalue weighted by Crippen LogP contribution is 1.65. The van der Waals surface area contributed by atoms with E-state index in [4.69, 9.17) is 0 Å². The van der Waals surface area contributed by atoms with Crippen LogP contribution in [0.1, 0.15) is 0 Å². The molecule has 0 aromatic rings. The lowest BCUT2D eigenvalue weighted by molar-refractivity contribution is 0.103. The summed E-state index contributed by atoms with van der Waals surface area (Å²) in [6.45, 7) is 1.38. The van der Waals surface area contributed by atoms with Gasteiger partial charge in [0.2, 0.25) is 0 Å². The van der Waals surface area contributed by atoms with E-state index in [0.717, 1.165) is 0 Å². The fourth-order valence-corrected chi connectivity index (χ4v) is 0.167. The molecule has 0 aromatic heterocycles. The van der Waals surface area contributed by atoms with E-state index in [2.05, 4.69) is 9.47 Å². The van der Waals surface area contributed by atoms with Gasteiger partial charge in [-0.2, -0.15) is 0 Å². The molecule has 0 N–H and O–H groups in total. The van der Waals surface area contributed by atoms with Crippen LogP contribution in [0.25, 0.3) is 0 Å². The Balaban J connectivity index is 0. The van der Waals surface area contributed by atoms with Crippen molar-refractivity contribution in [3.63, 3.8) is 0 Å². The van der Waals surface area contributed by atoms with Crippen molar-refractivity contribution in [2.75, 3.05) is 27.4 Å². The number of hydrogen-bond donors (Lipinski definition) is 0. The van der Waals surface area contributed by atoms with E-state index >= 15 is 0 Å². The van der Waals surface area contributed by atoms with Crippen LogP contribution in [0.5, 0.6) is 0 Å². The summed E-state index contributed by atoms with van der Waals surface area (Å²) in [5, 5.41) is 0. The van der Waals surface area contributed by atoms with Crippen LogP contribution in [0.3, 0.4) is 0 Å². The predicted molar refractivity (Wildman–Crippen MR) is 39.2 cm³/mol. The third kappa shape index (κ3) is 10.8. The van der Waals surface area contributed by atoms with Gasteiger partial charge in [0.05, 0.1) is 13.2 Å². The molecule has 0 bridgehead atoms. The minimum absolute atomic E-state index is 0. The molecule has 0 aliphatic heterocycles. The van der Waals surface area contributed by atoms with Crippen molar-refractivity contribution in [2.24, 2.45) is 0 Å². The van der Waals surface area contributed by atoms with E-state index < -0.39 is 0 Å². The molecular formula is C4H11IO2. The number of methoxy groups -OCH3 is 2. The molecule has 0 saturated heterocycles. The van der Waals surface area contributed by atoms with Crippen molar-refractivity contribution < 1.29 is 9.47 Å². The van der Waals surface area contributed by atoms with Crippen LogP contribution in [-0.2, 0) is 9.47 Å². The first-order chi connectivity index (χ1) is 2.91. The number of ether oxygens (including phenoxy) is 2. The lowest BCUT2D eigenvalue weighted by Crippen LogP contribution is -1.96. The van der Waals surface area contributed by atoms with Gasteiger partial charge in [0.15, 0.2) is 0 Å². The highest BCUT2D eigenvalue weighted by atomic mass is 127. The van der Waals surface area contributed by atoms with Gasteiger partial charge in [0, 0.05) is 14.2 Å². The predicted octanol–water partition coefficient (Wildman–Crippen LogP) is 0.897. The molecule has 0 saturated carbocycles. The van der Waals surface area contributed by atoms with E-state index in [9.17, 15) is 0 Å². The molecule has 0 atom stereocenters. The van der Waals surface area contributed by atoms with Crippen molar-refractivity contribution in [3.8, 4) is 0 Å². The summed E-state index contributed by atoms with van der Waals surface area (Å²) < 4.78 is 9.31. The molecule has 0 rings (SSSR count). The lowest BCUT2D eigenvalue weighted by atomic mass is 10.8. The average Bonchev–Trinajstić information content (AvgIpc) is 1.61. The van der Waals surface area contributed by atoms with Crippen LogP contribution in [0.2, 0.25) is 0 Å². The highest BCUT2D eigenvalue weighted by molar-refractivity contribution is 14.0. The fourth-order valence-electron chi connectivity index (χ4n) is 0.167. The maximum Gasteiger partial charge on any atom is 0.0696 e. The summed E-state index contributed by atoms with van der Waals surface area (Å²) in [4.78, 5) is 0. The van der Waals surface area contributed by atoms with Gasteiger partial charge in [0.1, 0.15) is 0 Å². The SMILES string of the molecule is COCCOC.I. The second-order valence-corrected chi connectivity index (χ2v) is 0.986. The van der Waals surface area contributed by atoms with Gasteiger partial charge in [-0.1, -0.05) is 0 Å². The number of rotatable bonds is 3. The molecule has 0 radical (unpaired) electrons. The zero-order valence-corrected chi connectivity index (χ0v) is 6.97. The van der Waals surface area contributed by atoms with Crippen molar-refractivity contribution in [3.05, 3.63) is 0 Å². The smallest absolute Gasteiger partial charge is 0.0696 e. The molecule has 0 aliphatic rings. The minimum atomic E-state index is 0. The molecule has 0 spiro atoms. The van der Waals surface area contributed by atoms with Crippen LogP contribution in [0.15, 0.2) is 0 Å². The quantitative estimate of drug-likeness (QED) is 0.517. The van der Waals surface area contributed by atoms with Gasteiger partial charge in [-0.15, -0.1) is 24.0 Å². The zero-order chi connectivity index (χ0) is 4.83. The van der Waals surface area contributed by atoms with Gasteiger partial charge in [-0.25, -0.2) is 0 Å². The van der Waals surface area contributed by atoms with Crippen molar-refractivity contribution in [2.45, 2.75) is 0 Å². The van der Waals surface area contributed by atoms with E-state index in [0.29, 0.717) is 13.2 Å². The maximum atomic E-state index is 4.66. The molecule has 0 aromatic carbocycles. The van der Waals surface area contributed by atoms with Crippen LogP contribution >= 0.6 is 24.0 Å². The van der Waals surface area contributed by atoms with Crippen molar-refractivity contribution >= 4 is 24.0 Å². The van der Waals surface area contributed by atoms with Gasteiger partial charge in [-0.3, -0.25) is 0 Å². The molecule has 0 heterocycles. The number of hydrogen-bond acceptors (Lipinski definition) is 2. The Morgan fingerprint density at radius 1 is 1.00 bits per heavy atom. The first-order valence-corrected chi connectivity index (χ1v) is 1.89. The Hall–Kier alpha value is 0.650. The summed E-state index contributed by atoms with van der Waals surface area (Å²) in [5.74, 6) is 0. The van der Waals surface area contributed by atoms with Gasteiger partial charge < -0.3 is 9.47 Å². The Morgan fingerprint density at radius 3 is 1.43 bits per heavy atom. The Morgan fingerprint density at radius 2 is 1.29 bits per heavy atom. The third-order valence-electron chi connectivity index (χ3n) is 0.492. The monoisotopic (exact) mass is 218 g/mol. The summed E-state index contributed by atoms with van der Waals surface area (Å²) in [5.41, 5.74) is 0. The molecule has 0 amide bonds. The molecule has 7 heavy (non-hydrogen) atoms. The molecular weight excluding hydrogens is 207 g/mol. The van der Waals surface area contributed by atoms with Crippen molar-refractivity contribution in [1.82, 2.24) is 0 Å². The van der Waals surface area contributed by atoms with Gasteiger partial charge in [0.25, 0.3) is 0 Å². The normalized spacial score (nSPS) is 7.71. The van der Waals surface area contributed by atoms with Crippen LogP contribution in [-0.4, -0.2) is 27.4 Å². The molecule has 0 aliphatic carbocycles. The van der Waals surface area contributed by atoms with Crippen LogP contribution in [0, 0.1) is 0 Å². The molecule has 46 valence electrons. The van der Waals surface area contributed by atoms with E-state index in [1.165, 1.54) is 0 Å². The maximum absolute atomic E-state index is 4.66. The minimum Gasteiger partial charge on any atom is -0.382 e. The average molecular weight is 218 g/mol. The van der Waals surface area contributed by atoms with Crippen LogP contribution < -0.4 is 0 Å². The van der Waals surface area contributed by atoms with E-state index in [1.807, 2.05) is 0 Å². The van der Waals surface area contributed by atoms with Crippen molar-refractivity contribution in [1.29, 1.82) is 0 Å². The molecule has 2 nitrogen and oxygen atoms in total. The van der Waals surface area contributed by atoms with Gasteiger partial charge in [-0.05, 0) is 0 Å². The molecule has 0 fully saturated rings. The summed E-state index contributed by atoms with van der Waals surface area (Å²) in [6, 6.07) is 0. The van der Waals surface area contributed by atoms with Crippen LogP contribution in [0.4, 0.5) is 0 Å². The van der Waals surface area contributed by atoms with Gasteiger partial charge >= 0.3 is 0 Å². The Labute approximate surface area is 61.2 Å². The summed E-state index contributed by atoms with van der Waals surface area (Å²) in [6.07, 6.45) is 0. The number of halogens is 1. The fraction of sp³-hybridized carbons (Fsp3) is 1.00. The zero-order valence-electron chi connectivity index (χ0n) is 4.64. The molecule has 3 heteroatoms. The largest absolute Gasteiger partial charge is 0.382 e. The van der Waals surface area contributed by atoms with E-state index in [1.54, 1.807) is 14.2 Å². The topological polar surface area (TPSA) is 18.5 Å². The summed E-state index contributed by atoms with van der Waals surface area (Å²) in [7, 11) is 3.30. The second-order valence-electron chi connectivity index (χ2n) is 0.986. The standard InChI is InChI=1S/C4H10O2.HI/c1-5-3-4-6-2;/h3-4H2,1-2H3;1H. The highest BCUT2D eigenvalue weighted by Gasteiger charge is 1.73. The Kier molecular flexibility index (Phi) is 14.9. The third-order valence-corrected chi connectivity index (χ3v) is 0.492. The lowest BCUT2D eigenvalue weighted by Gasteiger charge is -1.91. The first kappa shape index (κ1) is 10.6. The van der Waals surface area contributed by atoms with E-state index in [-0.39, 0.29) is 24.0 Å². The summed E-state index contributed by atoms with van der Waals surface area (Å²) >= 11 is 0. The first-order valence-electron chi connectivity index (χ1n) is 1.89. The second kappa shape index (κ2) is 9.82.